The van der Waals surface area contributed by atoms with Crippen LogP contribution in [-0.2, 0) is 10.7 Å². The highest BCUT2D eigenvalue weighted by molar-refractivity contribution is 5.31. The lowest BCUT2D eigenvalue weighted by atomic mass is 10.0. The third-order valence-electron chi connectivity index (χ3n) is 2.47. The number of aryl methyl sites for hydroxylation is 2. The predicted molar refractivity (Wildman–Crippen MR) is 64.6 cm³/mol. The second-order valence-electron chi connectivity index (χ2n) is 4.25. The topological polar surface area (TPSA) is 21.3 Å². The van der Waals surface area contributed by atoms with E-state index < -0.39 is 5.92 Å². The number of rotatable bonds is 6. The highest BCUT2D eigenvalue weighted by atomic mass is 19.3. The SMILES string of the molecule is COCCNCC(F)(F)c1cc(C)cc(C)c1. The number of hydrogen-bond donors (Lipinski definition) is 1. The van der Waals surface area contributed by atoms with Crippen LogP contribution in [0.2, 0.25) is 0 Å². The van der Waals surface area contributed by atoms with Crippen molar-refractivity contribution >= 4 is 0 Å². The number of nitrogens with one attached hydrogen (secondary N) is 1. The van der Waals surface area contributed by atoms with Crippen molar-refractivity contribution in [2.45, 2.75) is 19.8 Å². The quantitative estimate of drug-likeness (QED) is 0.775. The summed E-state index contributed by atoms with van der Waals surface area (Å²) in [5.41, 5.74) is 1.79. The molecule has 0 aliphatic carbocycles. The van der Waals surface area contributed by atoms with Crippen molar-refractivity contribution < 1.29 is 13.5 Å². The van der Waals surface area contributed by atoms with Gasteiger partial charge in [-0.2, -0.15) is 8.78 Å². The summed E-state index contributed by atoms with van der Waals surface area (Å²) in [6.07, 6.45) is 0. The standard InChI is InChI=1S/C13H19F2NO/c1-10-6-11(2)8-12(7-10)13(14,15)9-16-4-5-17-3/h6-8,16H,4-5,9H2,1-3H3. The summed E-state index contributed by atoms with van der Waals surface area (Å²) in [4.78, 5) is 0. The molecule has 4 heteroatoms. The van der Waals surface area contributed by atoms with Crippen molar-refractivity contribution in [3.8, 4) is 0 Å². The van der Waals surface area contributed by atoms with E-state index in [9.17, 15) is 8.78 Å². The van der Waals surface area contributed by atoms with Crippen LogP contribution in [0.1, 0.15) is 16.7 Å². The normalized spacial score (nSPS) is 11.8. The molecule has 2 nitrogen and oxygen atoms in total. The fourth-order valence-corrected chi connectivity index (χ4v) is 1.71. The first-order valence-electron chi connectivity index (χ1n) is 5.62. The van der Waals surface area contributed by atoms with E-state index in [1.807, 2.05) is 19.9 Å². The predicted octanol–water partition coefficient (Wildman–Crippen LogP) is 2.63. The van der Waals surface area contributed by atoms with Crippen molar-refractivity contribution in [3.05, 3.63) is 34.9 Å². The monoisotopic (exact) mass is 243 g/mol. The first kappa shape index (κ1) is 14.1. The number of alkyl halides is 2. The Hall–Kier alpha value is -1.00. The van der Waals surface area contributed by atoms with Gasteiger partial charge in [0.25, 0.3) is 5.92 Å². The summed E-state index contributed by atoms with van der Waals surface area (Å²) in [6, 6.07) is 4.95. The molecule has 17 heavy (non-hydrogen) atoms. The molecular weight excluding hydrogens is 224 g/mol. The summed E-state index contributed by atoms with van der Waals surface area (Å²) >= 11 is 0. The Bertz CT molecular complexity index is 346. The fraction of sp³-hybridized carbons (Fsp3) is 0.538. The maximum Gasteiger partial charge on any atom is 0.285 e. The average Bonchev–Trinajstić information content (AvgIpc) is 2.23. The summed E-state index contributed by atoms with van der Waals surface area (Å²) in [5, 5.41) is 2.69. The van der Waals surface area contributed by atoms with E-state index in [0.29, 0.717) is 13.2 Å². The van der Waals surface area contributed by atoms with Crippen LogP contribution in [0.3, 0.4) is 0 Å². The molecule has 0 aliphatic heterocycles. The Balaban J connectivity index is 2.67. The maximum absolute atomic E-state index is 13.8. The van der Waals surface area contributed by atoms with Crippen LogP contribution >= 0.6 is 0 Å². The molecule has 0 atom stereocenters. The van der Waals surface area contributed by atoms with Gasteiger partial charge in [-0.1, -0.05) is 29.3 Å². The summed E-state index contributed by atoms with van der Waals surface area (Å²) in [7, 11) is 1.55. The minimum atomic E-state index is -2.84. The zero-order valence-electron chi connectivity index (χ0n) is 10.5. The number of ether oxygens (including phenoxy) is 1. The second kappa shape index (κ2) is 6.07. The van der Waals surface area contributed by atoms with Gasteiger partial charge in [0.2, 0.25) is 0 Å². The van der Waals surface area contributed by atoms with Gasteiger partial charge in [0.05, 0.1) is 13.2 Å². The van der Waals surface area contributed by atoms with E-state index in [4.69, 9.17) is 4.74 Å². The molecule has 0 fully saturated rings. The lowest BCUT2D eigenvalue weighted by Crippen LogP contribution is -2.32. The van der Waals surface area contributed by atoms with Crippen molar-refractivity contribution in [1.82, 2.24) is 5.32 Å². The number of halogens is 2. The molecule has 96 valence electrons. The average molecular weight is 243 g/mol. The van der Waals surface area contributed by atoms with E-state index in [-0.39, 0.29) is 12.1 Å². The Labute approximate surface area is 101 Å². The van der Waals surface area contributed by atoms with Gasteiger partial charge in [-0.25, -0.2) is 0 Å². The van der Waals surface area contributed by atoms with Crippen LogP contribution in [0.4, 0.5) is 8.78 Å². The van der Waals surface area contributed by atoms with E-state index >= 15 is 0 Å². The van der Waals surface area contributed by atoms with Crippen molar-refractivity contribution in [2.75, 3.05) is 26.8 Å². The molecule has 1 rings (SSSR count). The van der Waals surface area contributed by atoms with Gasteiger partial charge in [-0.3, -0.25) is 0 Å². The minimum absolute atomic E-state index is 0.0694. The number of benzene rings is 1. The van der Waals surface area contributed by atoms with Crippen LogP contribution in [0.15, 0.2) is 18.2 Å². The van der Waals surface area contributed by atoms with Gasteiger partial charge in [0.1, 0.15) is 0 Å². The molecule has 0 aliphatic rings. The van der Waals surface area contributed by atoms with Crippen LogP contribution in [0.5, 0.6) is 0 Å². The van der Waals surface area contributed by atoms with Crippen LogP contribution in [0.25, 0.3) is 0 Å². The Morgan fingerprint density at radius 1 is 1.18 bits per heavy atom. The maximum atomic E-state index is 13.8. The molecule has 1 aromatic rings. The highest BCUT2D eigenvalue weighted by Gasteiger charge is 2.31. The van der Waals surface area contributed by atoms with Gasteiger partial charge in [0, 0.05) is 19.2 Å². The smallest absolute Gasteiger partial charge is 0.285 e. The first-order valence-corrected chi connectivity index (χ1v) is 5.62. The fourth-order valence-electron chi connectivity index (χ4n) is 1.71. The summed E-state index contributed by atoms with van der Waals surface area (Å²) in [5.74, 6) is -2.84. The highest BCUT2D eigenvalue weighted by Crippen LogP contribution is 2.28. The lowest BCUT2D eigenvalue weighted by Gasteiger charge is -2.18. The van der Waals surface area contributed by atoms with Crippen LogP contribution in [0, 0.1) is 13.8 Å². The van der Waals surface area contributed by atoms with Crippen LogP contribution < -0.4 is 5.32 Å². The zero-order chi connectivity index (χ0) is 12.9. The molecule has 0 unspecified atom stereocenters. The molecule has 0 amide bonds. The van der Waals surface area contributed by atoms with Crippen molar-refractivity contribution in [1.29, 1.82) is 0 Å². The molecule has 1 N–H and O–H groups in total. The zero-order valence-corrected chi connectivity index (χ0v) is 10.5. The molecule has 0 bridgehead atoms. The molecule has 0 heterocycles. The molecule has 0 spiro atoms. The first-order chi connectivity index (χ1) is 7.95. The Kier molecular flexibility index (Phi) is 5.02. The van der Waals surface area contributed by atoms with Gasteiger partial charge in [-0.05, 0) is 13.8 Å². The molecule has 0 radical (unpaired) electrons. The molecule has 0 aromatic heterocycles. The molecule has 0 saturated heterocycles. The molecule has 0 saturated carbocycles. The molecule has 1 aromatic carbocycles. The van der Waals surface area contributed by atoms with E-state index in [1.165, 1.54) is 12.1 Å². The lowest BCUT2D eigenvalue weighted by molar-refractivity contribution is -0.00426. The van der Waals surface area contributed by atoms with E-state index in [2.05, 4.69) is 5.32 Å². The Morgan fingerprint density at radius 2 is 1.76 bits per heavy atom. The number of hydrogen-bond acceptors (Lipinski definition) is 2. The van der Waals surface area contributed by atoms with E-state index in [1.54, 1.807) is 7.11 Å². The van der Waals surface area contributed by atoms with Crippen LogP contribution in [-0.4, -0.2) is 26.8 Å². The summed E-state index contributed by atoms with van der Waals surface area (Å²) < 4.78 is 32.5. The van der Waals surface area contributed by atoms with Gasteiger partial charge in [0.15, 0.2) is 0 Å². The summed E-state index contributed by atoms with van der Waals surface area (Å²) in [6.45, 7) is 4.15. The third-order valence-corrected chi connectivity index (χ3v) is 2.47. The second-order valence-corrected chi connectivity index (χ2v) is 4.25. The van der Waals surface area contributed by atoms with Crippen molar-refractivity contribution in [2.24, 2.45) is 0 Å². The number of methoxy groups -OCH3 is 1. The van der Waals surface area contributed by atoms with E-state index in [0.717, 1.165) is 11.1 Å². The Morgan fingerprint density at radius 3 is 2.29 bits per heavy atom. The van der Waals surface area contributed by atoms with Gasteiger partial charge in [-0.15, -0.1) is 0 Å². The minimum Gasteiger partial charge on any atom is -0.383 e. The van der Waals surface area contributed by atoms with Gasteiger partial charge < -0.3 is 10.1 Å². The van der Waals surface area contributed by atoms with Gasteiger partial charge >= 0.3 is 0 Å². The van der Waals surface area contributed by atoms with Crippen molar-refractivity contribution in [3.63, 3.8) is 0 Å². The molecular formula is C13H19F2NO. The third kappa shape index (κ3) is 4.40. The largest absolute Gasteiger partial charge is 0.383 e.